The second kappa shape index (κ2) is 6.74. The van der Waals surface area contributed by atoms with E-state index in [1.54, 1.807) is 11.9 Å². The third kappa shape index (κ3) is 3.11. The van der Waals surface area contributed by atoms with Crippen molar-refractivity contribution >= 4 is 11.9 Å². The van der Waals surface area contributed by atoms with E-state index in [-0.39, 0.29) is 12.3 Å². The summed E-state index contributed by atoms with van der Waals surface area (Å²) in [6, 6.07) is 15.1. The van der Waals surface area contributed by atoms with Crippen molar-refractivity contribution in [1.82, 2.24) is 4.90 Å². The summed E-state index contributed by atoms with van der Waals surface area (Å²) in [5.74, 6) is 0.0455. The maximum atomic E-state index is 13.0. The van der Waals surface area contributed by atoms with Crippen LogP contribution >= 0.6 is 0 Å². The van der Waals surface area contributed by atoms with Gasteiger partial charge in [-0.2, -0.15) is 0 Å². The van der Waals surface area contributed by atoms with Crippen molar-refractivity contribution in [1.29, 1.82) is 0 Å². The van der Waals surface area contributed by atoms with Crippen molar-refractivity contribution in [2.24, 2.45) is 0 Å². The highest BCUT2D eigenvalue weighted by molar-refractivity contribution is 5.89. The molecule has 1 aliphatic rings. The number of fused-ring (bicyclic) bond motifs is 2. The number of likely N-dealkylation sites (N-methyl/N-ethyl adjacent to an activating group) is 1. The van der Waals surface area contributed by atoms with Crippen LogP contribution in [0.4, 0.5) is 0 Å². The van der Waals surface area contributed by atoms with Crippen LogP contribution < -0.4 is 4.74 Å². The molecule has 0 aliphatic carbocycles. The number of rotatable bonds is 5. The van der Waals surface area contributed by atoms with Gasteiger partial charge in [0.1, 0.15) is 11.5 Å². The summed E-state index contributed by atoms with van der Waals surface area (Å²) in [6.45, 7) is 0.410. The summed E-state index contributed by atoms with van der Waals surface area (Å²) < 4.78 is 5.90. The molecule has 0 spiro atoms. The minimum atomic E-state index is -0.849. The van der Waals surface area contributed by atoms with Crippen molar-refractivity contribution in [3.8, 4) is 11.5 Å². The van der Waals surface area contributed by atoms with E-state index >= 15 is 0 Å². The van der Waals surface area contributed by atoms with Crippen molar-refractivity contribution in [3.63, 3.8) is 0 Å². The first-order valence-electron chi connectivity index (χ1n) is 7.90. The second-order valence-electron chi connectivity index (χ2n) is 5.87. The van der Waals surface area contributed by atoms with Gasteiger partial charge < -0.3 is 14.7 Å². The molecule has 5 heteroatoms. The van der Waals surface area contributed by atoms with Crippen LogP contribution in [-0.4, -0.2) is 35.5 Å². The Hall–Kier alpha value is -2.82. The molecule has 0 aromatic heterocycles. The van der Waals surface area contributed by atoms with E-state index in [0.29, 0.717) is 24.5 Å². The molecule has 2 aromatic carbocycles. The summed E-state index contributed by atoms with van der Waals surface area (Å²) in [7, 11) is 1.71. The number of ether oxygens (including phenoxy) is 1. The standard InChI is InChI=1S/C19H19NO4/c1-20(12-6-11-17(21)22)19(23)18-13-7-2-4-9-15(13)24-16-10-5-3-8-14(16)18/h2-5,7-10,18H,6,11-12H2,1H3,(H,21,22). The zero-order valence-corrected chi connectivity index (χ0v) is 13.4. The third-order valence-electron chi connectivity index (χ3n) is 4.19. The molecular formula is C19H19NO4. The molecule has 0 atom stereocenters. The Labute approximate surface area is 140 Å². The summed E-state index contributed by atoms with van der Waals surface area (Å²) in [5, 5.41) is 8.75. The number of aliphatic carboxylic acids is 1. The molecule has 5 nitrogen and oxygen atoms in total. The maximum absolute atomic E-state index is 13.0. The average Bonchev–Trinajstić information content (AvgIpc) is 2.58. The van der Waals surface area contributed by atoms with Gasteiger partial charge in [0, 0.05) is 31.1 Å². The van der Waals surface area contributed by atoms with Crippen LogP contribution in [0.1, 0.15) is 29.9 Å². The number of carboxylic acids is 1. The molecule has 1 N–H and O–H groups in total. The molecule has 3 rings (SSSR count). The molecule has 0 radical (unpaired) electrons. The van der Waals surface area contributed by atoms with Gasteiger partial charge in [0.15, 0.2) is 0 Å². The van der Waals surface area contributed by atoms with Crippen molar-refractivity contribution < 1.29 is 19.4 Å². The normalized spacial score (nSPS) is 12.7. The summed E-state index contributed by atoms with van der Waals surface area (Å²) >= 11 is 0. The van der Waals surface area contributed by atoms with Gasteiger partial charge in [-0.05, 0) is 18.6 Å². The number of carboxylic acid groups (broad SMARTS) is 1. The van der Waals surface area contributed by atoms with E-state index in [0.717, 1.165) is 11.1 Å². The third-order valence-corrected chi connectivity index (χ3v) is 4.19. The van der Waals surface area contributed by atoms with Crippen LogP contribution in [0, 0.1) is 0 Å². The monoisotopic (exact) mass is 325 g/mol. The van der Waals surface area contributed by atoms with Gasteiger partial charge in [-0.1, -0.05) is 36.4 Å². The predicted octanol–water partition coefficient (Wildman–Crippen LogP) is 3.25. The Morgan fingerprint density at radius 2 is 1.58 bits per heavy atom. The van der Waals surface area contributed by atoms with Gasteiger partial charge >= 0.3 is 5.97 Å². The topological polar surface area (TPSA) is 66.8 Å². The lowest BCUT2D eigenvalue weighted by Gasteiger charge is -2.30. The number of nitrogens with zero attached hydrogens (tertiary/aromatic N) is 1. The zero-order chi connectivity index (χ0) is 17.1. The fourth-order valence-electron chi connectivity index (χ4n) is 2.97. The van der Waals surface area contributed by atoms with E-state index in [1.807, 2.05) is 48.5 Å². The molecule has 0 bridgehead atoms. The predicted molar refractivity (Wildman–Crippen MR) is 89.3 cm³/mol. The van der Waals surface area contributed by atoms with Crippen molar-refractivity contribution in [3.05, 3.63) is 59.7 Å². The number of amides is 1. The Balaban J connectivity index is 1.89. The van der Waals surface area contributed by atoms with Gasteiger partial charge in [-0.3, -0.25) is 9.59 Å². The van der Waals surface area contributed by atoms with Crippen LogP contribution in [0.3, 0.4) is 0 Å². The Kier molecular flexibility index (Phi) is 4.51. The lowest BCUT2D eigenvalue weighted by molar-refractivity contribution is -0.138. The molecule has 24 heavy (non-hydrogen) atoms. The zero-order valence-electron chi connectivity index (χ0n) is 13.4. The van der Waals surface area contributed by atoms with Gasteiger partial charge in [0.25, 0.3) is 0 Å². The van der Waals surface area contributed by atoms with Gasteiger partial charge in [0.05, 0.1) is 5.92 Å². The largest absolute Gasteiger partial charge is 0.481 e. The molecule has 1 heterocycles. The van der Waals surface area contributed by atoms with Crippen molar-refractivity contribution in [2.75, 3.05) is 13.6 Å². The minimum absolute atomic E-state index is 0.0522. The quantitative estimate of drug-likeness (QED) is 0.916. The summed E-state index contributed by atoms with van der Waals surface area (Å²) in [6.07, 6.45) is 0.489. The molecule has 124 valence electrons. The van der Waals surface area contributed by atoms with E-state index in [2.05, 4.69) is 0 Å². The molecule has 1 amide bonds. The first-order valence-corrected chi connectivity index (χ1v) is 7.90. The molecular weight excluding hydrogens is 306 g/mol. The lowest BCUT2D eigenvalue weighted by Crippen LogP contribution is -2.34. The average molecular weight is 325 g/mol. The first kappa shape index (κ1) is 16.1. The number of para-hydroxylation sites is 2. The van der Waals surface area contributed by atoms with Gasteiger partial charge in [0.2, 0.25) is 5.91 Å². The number of carbonyl (C=O) groups is 2. The number of benzene rings is 2. The maximum Gasteiger partial charge on any atom is 0.303 e. The minimum Gasteiger partial charge on any atom is -0.481 e. The van der Waals surface area contributed by atoms with E-state index in [4.69, 9.17) is 9.84 Å². The fourth-order valence-corrected chi connectivity index (χ4v) is 2.97. The van der Waals surface area contributed by atoms with Crippen LogP contribution in [0.5, 0.6) is 11.5 Å². The van der Waals surface area contributed by atoms with Gasteiger partial charge in [-0.15, -0.1) is 0 Å². The molecule has 1 aliphatic heterocycles. The Morgan fingerprint density at radius 1 is 1.04 bits per heavy atom. The van der Waals surface area contributed by atoms with Crippen LogP contribution in [-0.2, 0) is 9.59 Å². The Morgan fingerprint density at radius 3 is 2.12 bits per heavy atom. The number of carbonyl (C=O) groups excluding carboxylic acids is 1. The first-order chi connectivity index (χ1) is 11.6. The van der Waals surface area contributed by atoms with E-state index in [1.165, 1.54) is 0 Å². The molecule has 0 fully saturated rings. The number of hydrogen-bond acceptors (Lipinski definition) is 3. The smallest absolute Gasteiger partial charge is 0.303 e. The van der Waals surface area contributed by atoms with Crippen LogP contribution in [0.2, 0.25) is 0 Å². The second-order valence-corrected chi connectivity index (χ2v) is 5.87. The summed E-state index contributed by atoms with van der Waals surface area (Å²) in [4.78, 5) is 25.3. The van der Waals surface area contributed by atoms with Crippen LogP contribution in [0.15, 0.2) is 48.5 Å². The van der Waals surface area contributed by atoms with Crippen molar-refractivity contribution in [2.45, 2.75) is 18.8 Å². The molecule has 0 saturated heterocycles. The van der Waals surface area contributed by atoms with E-state index < -0.39 is 11.9 Å². The number of hydrogen-bond donors (Lipinski definition) is 1. The molecule has 0 saturated carbocycles. The Bertz CT molecular complexity index is 726. The van der Waals surface area contributed by atoms with E-state index in [9.17, 15) is 9.59 Å². The SMILES string of the molecule is CN(CCCC(=O)O)C(=O)C1c2ccccc2Oc2ccccc21. The molecule has 0 unspecified atom stereocenters. The van der Waals surface area contributed by atoms with Gasteiger partial charge in [-0.25, -0.2) is 0 Å². The van der Waals surface area contributed by atoms with Crippen LogP contribution in [0.25, 0.3) is 0 Å². The fraction of sp³-hybridized carbons (Fsp3) is 0.263. The highest BCUT2D eigenvalue weighted by Crippen LogP contribution is 2.44. The lowest BCUT2D eigenvalue weighted by atomic mass is 9.87. The molecule has 2 aromatic rings. The summed E-state index contributed by atoms with van der Waals surface area (Å²) in [5.41, 5.74) is 1.68. The highest BCUT2D eigenvalue weighted by Gasteiger charge is 2.33. The highest BCUT2D eigenvalue weighted by atomic mass is 16.5.